The van der Waals surface area contributed by atoms with E-state index in [1.54, 1.807) is 0 Å². The van der Waals surface area contributed by atoms with Crippen LogP contribution in [0.3, 0.4) is 0 Å². The summed E-state index contributed by atoms with van der Waals surface area (Å²) in [4.78, 5) is 2.63. The Bertz CT molecular complexity index is 413. The molecular formula is C17H27BrN2. The third-order valence-corrected chi connectivity index (χ3v) is 4.95. The van der Waals surface area contributed by atoms with Crippen LogP contribution in [-0.4, -0.2) is 23.5 Å². The molecule has 0 amide bonds. The zero-order valence-electron chi connectivity index (χ0n) is 12.7. The molecule has 3 heteroatoms. The Kier molecular flexibility index (Phi) is 6.06. The predicted molar refractivity (Wildman–Crippen MR) is 89.8 cm³/mol. The van der Waals surface area contributed by atoms with Crippen LogP contribution in [0, 0.1) is 0 Å². The van der Waals surface area contributed by atoms with Crippen molar-refractivity contribution in [3.63, 3.8) is 0 Å². The zero-order valence-corrected chi connectivity index (χ0v) is 14.3. The van der Waals surface area contributed by atoms with Gasteiger partial charge in [-0.1, -0.05) is 54.2 Å². The number of hydrogen-bond acceptors (Lipinski definition) is 2. The first-order valence-electron chi connectivity index (χ1n) is 7.90. The largest absolute Gasteiger partial charge is 0.326 e. The highest BCUT2D eigenvalue weighted by Crippen LogP contribution is 2.32. The normalized spacial score (nSPS) is 20.1. The Hall–Kier alpha value is -0.380. The van der Waals surface area contributed by atoms with E-state index >= 15 is 0 Å². The fourth-order valence-electron chi connectivity index (χ4n) is 3.58. The van der Waals surface area contributed by atoms with Crippen LogP contribution in [0.5, 0.6) is 0 Å². The summed E-state index contributed by atoms with van der Waals surface area (Å²) in [6.07, 6.45) is 6.78. The second kappa shape index (κ2) is 7.58. The highest BCUT2D eigenvalue weighted by Gasteiger charge is 2.29. The van der Waals surface area contributed by atoms with E-state index in [1.165, 1.54) is 37.7 Å². The molecule has 1 saturated carbocycles. The van der Waals surface area contributed by atoms with Crippen molar-refractivity contribution in [1.29, 1.82) is 0 Å². The van der Waals surface area contributed by atoms with Gasteiger partial charge in [0.2, 0.25) is 0 Å². The molecule has 0 aliphatic heterocycles. The maximum atomic E-state index is 6.34. The minimum absolute atomic E-state index is 0.145. The molecule has 2 unspecified atom stereocenters. The van der Waals surface area contributed by atoms with Crippen LogP contribution in [0.15, 0.2) is 28.7 Å². The molecule has 0 aromatic heterocycles. The molecule has 0 heterocycles. The first-order chi connectivity index (χ1) is 9.63. The molecule has 1 aromatic carbocycles. The molecule has 2 rings (SSSR count). The second-order valence-corrected chi connectivity index (χ2v) is 6.90. The second-order valence-electron chi connectivity index (χ2n) is 5.98. The molecule has 20 heavy (non-hydrogen) atoms. The van der Waals surface area contributed by atoms with Crippen molar-refractivity contribution in [3.8, 4) is 0 Å². The van der Waals surface area contributed by atoms with Gasteiger partial charge in [-0.3, -0.25) is 4.90 Å². The van der Waals surface area contributed by atoms with Gasteiger partial charge in [-0.25, -0.2) is 0 Å². The Balaban J connectivity index is 2.25. The predicted octanol–water partition coefficient (Wildman–Crippen LogP) is 4.49. The molecule has 1 aliphatic rings. The van der Waals surface area contributed by atoms with E-state index in [0.717, 1.165) is 11.0 Å². The summed E-state index contributed by atoms with van der Waals surface area (Å²) < 4.78 is 1.14. The van der Waals surface area contributed by atoms with E-state index in [-0.39, 0.29) is 6.04 Å². The van der Waals surface area contributed by atoms with E-state index in [0.29, 0.717) is 12.1 Å². The molecule has 1 aromatic rings. The molecule has 0 bridgehead atoms. The summed E-state index contributed by atoms with van der Waals surface area (Å²) in [5.74, 6) is 0. The first-order valence-corrected chi connectivity index (χ1v) is 8.69. The number of likely N-dealkylation sites (N-methyl/N-ethyl adjacent to an activating group) is 1. The van der Waals surface area contributed by atoms with Crippen LogP contribution < -0.4 is 5.73 Å². The van der Waals surface area contributed by atoms with Crippen molar-refractivity contribution >= 4 is 15.9 Å². The summed E-state index contributed by atoms with van der Waals surface area (Å²) in [5.41, 5.74) is 7.68. The summed E-state index contributed by atoms with van der Waals surface area (Å²) >= 11 is 3.59. The third kappa shape index (κ3) is 3.84. The Morgan fingerprint density at radius 1 is 1.30 bits per heavy atom. The van der Waals surface area contributed by atoms with E-state index in [2.05, 4.69) is 58.9 Å². The monoisotopic (exact) mass is 338 g/mol. The van der Waals surface area contributed by atoms with Crippen molar-refractivity contribution in [2.75, 3.05) is 6.54 Å². The molecule has 2 atom stereocenters. The fourth-order valence-corrected chi connectivity index (χ4v) is 4.00. The minimum atomic E-state index is 0.145. The maximum absolute atomic E-state index is 6.34. The van der Waals surface area contributed by atoms with E-state index in [1.807, 2.05) is 0 Å². The Morgan fingerprint density at radius 2 is 2.00 bits per heavy atom. The van der Waals surface area contributed by atoms with Gasteiger partial charge in [0.1, 0.15) is 0 Å². The van der Waals surface area contributed by atoms with E-state index in [4.69, 9.17) is 5.73 Å². The van der Waals surface area contributed by atoms with Crippen molar-refractivity contribution < 1.29 is 0 Å². The first kappa shape index (κ1) is 16.0. The number of nitrogens with zero attached hydrogens (tertiary/aromatic N) is 1. The molecule has 112 valence electrons. The van der Waals surface area contributed by atoms with Gasteiger partial charge in [0.25, 0.3) is 0 Å². The highest BCUT2D eigenvalue weighted by atomic mass is 79.9. The van der Waals surface area contributed by atoms with Crippen molar-refractivity contribution in [3.05, 3.63) is 34.3 Å². The number of nitrogens with two attached hydrogens (primary N) is 1. The SMILES string of the molecule is CCN(C1CCCCC1)C(c1cccc(Br)c1)C(C)N. The van der Waals surface area contributed by atoms with Gasteiger partial charge in [0.15, 0.2) is 0 Å². The molecule has 1 aliphatic carbocycles. The van der Waals surface area contributed by atoms with Crippen LogP contribution in [0.25, 0.3) is 0 Å². The lowest BCUT2D eigenvalue weighted by Gasteiger charge is -2.41. The third-order valence-electron chi connectivity index (χ3n) is 4.45. The van der Waals surface area contributed by atoms with Crippen molar-refractivity contribution in [1.82, 2.24) is 4.90 Å². The van der Waals surface area contributed by atoms with Crippen LogP contribution in [0.1, 0.15) is 57.6 Å². The Morgan fingerprint density at radius 3 is 2.55 bits per heavy atom. The molecule has 0 saturated heterocycles. The molecule has 0 spiro atoms. The summed E-state index contributed by atoms with van der Waals surface area (Å²) in [5, 5.41) is 0. The summed E-state index contributed by atoms with van der Waals surface area (Å²) in [6.45, 7) is 5.47. The lowest BCUT2D eigenvalue weighted by molar-refractivity contribution is 0.0974. The average molecular weight is 339 g/mol. The van der Waals surface area contributed by atoms with Crippen LogP contribution in [0.2, 0.25) is 0 Å². The van der Waals surface area contributed by atoms with E-state index < -0.39 is 0 Å². The Labute approximate surface area is 131 Å². The zero-order chi connectivity index (χ0) is 14.5. The van der Waals surface area contributed by atoms with Gasteiger partial charge in [-0.05, 0) is 44.0 Å². The molecule has 1 fully saturated rings. The molecule has 2 nitrogen and oxygen atoms in total. The number of hydrogen-bond donors (Lipinski definition) is 1. The van der Waals surface area contributed by atoms with Crippen molar-refractivity contribution in [2.45, 2.75) is 64.1 Å². The number of halogens is 1. The van der Waals surface area contributed by atoms with Gasteiger partial charge in [-0.15, -0.1) is 0 Å². The van der Waals surface area contributed by atoms with Gasteiger partial charge in [0.05, 0.1) is 0 Å². The molecule has 2 N–H and O–H groups in total. The van der Waals surface area contributed by atoms with Crippen LogP contribution >= 0.6 is 15.9 Å². The van der Waals surface area contributed by atoms with Gasteiger partial charge in [0, 0.05) is 22.6 Å². The lowest BCUT2D eigenvalue weighted by Crippen LogP contribution is -2.45. The van der Waals surface area contributed by atoms with Crippen LogP contribution in [-0.2, 0) is 0 Å². The van der Waals surface area contributed by atoms with Crippen molar-refractivity contribution in [2.24, 2.45) is 5.73 Å². The summed E-state index contributed by atoms with van der Waals surface area (Å²) in [6, 6.07) is 9.79. The fraction of sp³-hybridized carbons (Fsp3) is 0.647. The summed E-state index contributed by atoms with van der Waals surface area (Å²) in [7, 11) is 0. The van der Waals surface area contributed by atoms with Crippen LogP contribution in [0.4, 0.5) is 0 Å². The van der Waals surface area contributed by atoms with Gasteiger partial charge in [-0.2, -0.15) is 0 Å². The smallest absolute Gasteiger partial charge is 0.0499 e. The molecule has 0 radical (unpaired) electrons. The molecular weight excluding hydrogens is 312 g/mol. The van der Waals surface area contributed by atoms with Gasteiger partial charge < -0.3 is 5.73 Å². The lowest BCUT2D eigenvalue weighted by atomic mass is 9.90. The quantitative estimate of drug-likeness (QED) is 0.856. The maximum Gasteiger partial charge on any atom is 0.0499 e. The average Bonchev–Trinajstić information content (AvgIpc) is 2.45. The van der Waals surface area contributed by atoms with E-state index in [9.17, 15) is 0 Å². The van der Waals surface area contributed by atoms with Gasteiger partial charge >= 0.3 is 0 Å². The highest BCUT2D eigenvalue weighted by molar-refractivity contribution is 9.10. The number of benzene rings is 1. The topological polar surface area (TPSA) is 29.3 Å². The minimum Gasteiger partial charge on any atom is -0.326 e. The standard InChI is InChI=1S/C17H27BrN2/c1-3-20(16-10-5-4-6-11-16)17(13(2)19)14-8-7-9-15(18)12-14/h7-9,12-13,16-17H,3-6,10-11,19H2,1-2H3. The number of rotatable bonds is 5.